The highest BCUT2D eigenvalue weighted by atomic mass is 32.1. The molecule has 9 heteroatoms. The van der Waals surface area contributed by atoms with Gasteiger partial charge in [-0.2, -0.15) is 0 Å². The van der Waals surface area contributed by atoms with Crippen molar-refractivity contribution in [3.63, 3.8) is 0 Å². The van der Waals surface area contributed by atoms with Crippen molar-refractivity contribution in [1.82, 2.24) is 9.88 Å². The SMILES string of the molecule is Cc1ccccc1NC(=O)Nc1ccc(CC(=O)N2CCCCC2c2ncc(CCC(=O)O)s2)cc1. The van der Waals surface area contributed by atoms with Crippen LogP contribution in [-0.4, -0.2) is 39.4 Å². The monoisotopic (exact) mass is 506 g/mol. The second-order valence-corrected chi connectivity index (χ2v) is 10.1. The van der Waals surface area contributed by atoms with E-state index in [1.54, 1.807) is 18.3 Å². The summed E-state index contributed by atoms with van der Waals surface area (Å²) in [6.45, 7) is 2.62. The number of para-hydroxylation sites is 1. The molecule has 3 aromatic rings. The number of anilines is 2. The van der Waals surface area contributed by atoms with Crippen LogP contribution >= 0.6 is 11.3 Å². The molecule has 0 spiro atoms. The van der Waals surface area contributed by atoms with Crippen LogP contribution in [0.5, 0.6) is 0 Å². The van der Waals surface area contributed by atoms with Gasteiger partial charge >= 0.3 is 12.0 Å². The summed E-state index contributed by atoms with van der Waals surface area (Å²) >= 11 is 1.50. The van der Waals surface area contributed by atoms with E-state index in [4.69, 9.17) is 5.11 Å². The van der Waals surface area contributed by atoms with Gasteiger partial charge in [0.25, 0.3) is 0 Å². The van der Waals surface area contributed by atoms with Gasteiger partial charge in [0.1, 0.15) is 5.01 Å². The molecule has 1 aromatic heterocycles. The number of benzene rings is 2. The zero-order valence-corrected chi connectivity index (χ0v) is 21.0. The number of aryl methyl sites for hydroxylation is 2. The van der Waals surface area contributed by atoms with Crippen molar-refractivity contribution in [2.45, 2.75) is 51.5 Å². The summed E-state index contributed by atoms with van der Waals surface area (Å²) in [6.07, 6.45) is 5.38. The lowest BCUT2D eigenvalue weighted by atomic mass is 10.0. The number of aliphatic carboxylic acids is 1. The number of piperidine rings is 1. The molecule has 1 aliphatic rings. The number of carboxylic acid groups (broad SMARTS) is 1. The molecule has 36 heavy (non-hydrogen) atoms. The molecule has 0 radical (unpaired) electrons. The van der Waals surface area contributed by atoms with Gasteiger partial charge in [-0.05, 0) is 61.9 Å². The summed E-state index contributed by atoms with van der Waals surface area (Å²) in [7, 11) is 0. The maximum atomic E-state index is 13.2. The van der Waals surface area contributed by atoms with E-state index >= 15 is 0 Å². The number of thiazole rings is 1. The molecule has 3 N–H and O–H groups in total. The molecule has 0 aliphatic carbocycles. The largest absolute Gasteiger partial charge is 0.481 e. The first-order chi connectivity index (χ1) is 17.4. The fraction of sp³-hybridized carbons (Fsp3) is 0.333. The fourth-order valence-electron chi connectivity index (χ4n) is 4.29. The van der Waals surface area contributed by atoms with Gasteiger partial charge in [0.2, 0.25) is 5.91 Å². The smallest absolute Gasteiger partial charge is 0.323 e. The molecular weight excluding hydrogens is 476 g/mol. The van der Waals surface area contributed by atoms with E-state index in [0.717, 1.165) is 46.0 Å². The summed E-state index contributed by atoms with van der Waals surface area (Å²) in [5.74, 6) is -0.785. The van der Waals surface area contributed by atoms with Crippen LogP contribution in [0.2, 0.25) is 0 Å². The summed E-state index contributed by atoms with van der Waals surface area (Å²) in [4.78, 5) is 43.8. The topological polar surface area (TPSA) is 112 Å². The zero-order valence-electron chi connectivity index (χ0n) is 20.2. The van der Waals surface area contributed by atoms with Crippen LogP contribution in [0.25, 0.3) is 0 Å². The standard InChI is InChI=1S/C27H30N4O4S/c1-18-6-2-3-7-22(18)30-27(35)29-20-11-9-19(10-12-20)16-24(32)31-15-5-4-8-23(31)26-28-17-21(36-26)13-14-25(33)34/h2-3,6-7,9-12,17,23H,4-5,8,13-16H2,1H3,(H,33,34)(H2,29,30,35). The number of nitrogens with one attached hydrogen (secondary N) is 2. The molecule has 188 valence electrons. The van der Waals surface area contributed by atoms with Gasteiger partial charge in [-0.25, -0.2) is 9.78 Å². The Morgan fingerprint density at radius 2 is 1.86 bits per heavy atom. The summed E-state index contributed by atoms with van der Waals surface area (Å²) in [5.41, 5.74) is 3.24. The number of aromatic nitrogens is 1. The number of carbonyl (C=O) groups is 3. The van der Waals surface area contributed by atoms with Crippen LogP contribution in [0, 0.1) is 6.92 Å². The number of rotatable bonds is 8. The molecule has 0 saturated carbocycles. The van der Waals surface area contributed by atoms with Gasteiger partial charge in [-0.1, -0.05) is 30.3 Å². The average molecular weight is 507 g/mol. The van der Waals surface area contributed by atoms with Crippen molar-refractivity contribution >= 4 is 40.6 Å². The molecule has 1 aliphatic heterocycles. The predicted molar refractivity (Wildman–Crippen MR) is 140 cm³/mol. The Labute approximate surface area is 214 Å². The highest BCUT2D eigenvalue weighted by molar-refractivity contribution is 7.11. The number of hydrogen-bond donors (Lipinski definition) is 3. The van der Waals surface area contributed by atoms with Crippen LogP contribution in [0.3, 0.4) is 0 Å². The number of urea groups is 1. The van der Waals surface area contributed by atoms with Crippen LogP contribution in [0.1, 0.15) is 52.7 Å². The summed E-state index contributed by atoms with van der Waals surface area (Å²) in [5, 5.41) is 15.5. The third-order valence-electron chi connectivity index (χ3n) is 6.23. The number of likely N-dealkylation sites (tertiary alicyclic amines) is 1. The van der Waals surface area contributed by atoms with Crippen molar-refractivity contribution in [3.05, 3.63) is 75.7 Å². The highest BCUT2D eigenvalue weighted by Gasteiger charge is 2.30. The lowest BCUT2D eigenvalue weighted by molar-refractivity contribution is -0.137. The Morgan fingerprint density at radius 1 is 1.08 bits per heavy atom. The Kier molecular flexibility index (Phi) is 8.32. The van der Waals surface area contributed by atoms with Crippen LogP contribution < -0.4 is 10.6 Å². The van der Waals surface area contributed by atoms with E-state index < -0.39 is 5.97 Å². The van der Waals surface area contributed by atoms with E-state index in [1.807, 2.05) is 48.2 Å². The average Bonchev–Trinajstić information content (AvgIpc) is 3.34. The van der Waals surface area contributed by atoms with Crippen molar-refractivity contribution in [2.24, 2.45) is 0 Å². The molecule has 8 nitrogen and oxygen atoms in total. The Hall–Kier alpha value is -3.72. The third-order valence-corrected chi connectivity index (χ3v) is 7.38. The molecule has 1 unspecified atom stereocenters. The van der Waals surface area contributed by atoms with Crippen LogP contribution in [0.15, 0.2) is 54.7 Å². The van der Waals surface area contributed by atoms with Gasteiger partial charge in [0.15, 0.2) is 0 Å². The minimum atomic E-state index is -0.826. The summed E-state index contributed by atoms with van der Waals surface area (Å²) < 4.78 is 0. The van der Waals surface area contributed by atoms with E-state index in [1.165, 1.54) is 11.3 Å². The van der Waals surface area contributed by atoms with Gasteiger partial charge in [0, 0.05) is 29.0 Å². The Balaban J connectivity index is 1.35. The maximum Gasteiger partial charge on any atom is 0.323 e. The van der Waals surface area contributed by atoms with Crippen LogP contribution in [-0.2, 0) is 22.4 Å². The second-order valence-electron chi connectivity index (χ2n) is 8.93. The third kappa shape index (κ3) is 6.69. The van der Waals surface area contributed by atoms with Crippen molar-refractivity contribution in [3.8, 4) is 0 Å². The molecule has 2 aromatic carbocycles. The minimum Gasteiger partial charge on any atom is -0.481 e. The molecule has 4 rings (SSSR count). The zero-order chi connectivity index (χ0) is 25.5. The number of carboxylic acids is 1. The van der Waals surface area contributed by atoms with Crippen LogP contribution in [0.4, 0.5) is 16.2 Å². The molecular formula is C27H30N4O4S. The first-order valence-corrected chi connectivity index (χ1v) is 12.9. The number of amides is 3. The fourth-order valence-corrected chi connectivity index (χ4v) is 5.35. The lowest BCUT2D eigenvalue weighted by Gasteiger charge is -2.34. The Morgan fingerprint density at radius 3 is 2.61 bits per heavy atom. The minimum absolute atomic E-state index is 0.0417. The molecule has 1 saturated heterocycles. The van der Waals surface area contributed by atoms with Gasteiger partial charge in [-0.3, -0.25) is 9.59 Å². The van der Waals surface area contributed by atoms with Crippen molar-refractivity contribution < 1.29 is 19.5 Å². The number of nitrogens with zero attached hydrogens (tertiary/aromatic N) is 2. The first-order valence-electron chi connectivity index (χ1n) is 12.1. The van der Waals surface area contributed by atoms with Crippen molar-refractivity contribution in [1.29, 1.82) is 0 Å². The van der Waals surface area contributed by atoms with Crippen molar-refractivity contribution in [2.75, 3.05) is 17.2 Å². The maximum absolute atomic E-state index is 13.2. The highest BCUT2D eigenvalue weighted by Crippen LogP contribution is 2.34. The van der Waals surface area contributed by atoms with Gasteiger partial charge in [0.05, 0.1) is 18.9 Å². The number of carbonyl (C=O) groups excluding carboxylic acids is 2. The normalized spacial score (nSPS) is 15.4. The predicted octanol–water partition coefficient (Wildman–Crippen LogP) is 5.41. The summed E-state index contributed by atoms with van der Waals surface area (Å²) in [6, 6.07) is 14.5. The molecule has 3 amide bonds. The molecule has 1 fully saturated rings. The van der Waals surface area contributed by atoms with Gasteiger partial charge in [-0.15, -0.1) is 11.3 Å². The van der Waals surface area contributed by atoms with Gasteiger partial charge < -0.3 is 20.6 Å². The molecule has 2 heterocycles. The van der Waals surface area contributed by atoms with E-state index in [0.29, 0.717) is 18.7 Å². The molecule has 0 bridgehead atoms. The Bertz CT molecular complexity index is 1220. The second kappa shape index (κ2) is 11.8. The van der Waals surface area contributed by atoms with E-state index in [9.17, 15) is 14.4 Å². The van der Waals surface area contributed by atoms with E-state index in [2.05, 4.69) is 15.6 Å². The quantitative estimate of drug-likeness (QED) is 0.378. The first kappa shape index (κ1) is 25.4. The lowest BCUT2D eigenvalue weighted by Crippen LogP contribution is -2.39. The number of hydrogen-bond acceptors (Lipinski definition) is 5. The van der Waals surface area contributed by atoms with E-state index in [-0.39, 0.29) is 30.8 Å². The molecule has 1 atom stereocenters.